The van der Waals surface area contributed by atoms with Gasteiger partial charge in [0.05, 0.1) is 5.56 Å². The minimum Gasteiger partial charge on any atom is -0.353 e. The summed E-state index contributed by atoms with van der Waals surface area (Å²) >= 11 is 0. The van der Waals surface area contributed by atoms with E-state index in [9.17, 15) is 4.79 Å². The largest absolute Gasteiger partial charge is 0.353 e. The Bertz CT molecular complexity index is 1330. The van der Waals surface area contributed by atoms with E-state index in [1.807, 2.05) is 49.5 Å². The molecule has 1 amide bonds. The topological polar surface area (TPSA) is 65.5 Å². The maximum absolute atomic E-state index is 13.5. The zero-order chi connectivity index (χ0) is 23.7. The average molecular weight is 453 g/mol. The Kier molecular flexibility index (Phi) is 5.84. The van der Waals surface area contributed by atoms with E-state index in [4.69, 9.17) is 4.98 Å². The number of anilines is 3. The summed E-state index contributed by atoms with van der Waals surface area (Å²) in [7, 11) is 1.82. The number of amides is 1. The van der Waals surface area contributed by atoms with E-state index in [1.165, 1.54) is 5.56 Å². The van der Waals surface area contributed by atoms with Crippen LogP contribution in [0.25, 0.3) is 10.8 Å². The molecule has 0 unspecified atom stereocenters. The van der Waals surface area contributed by atoms with Gasteiger partial charge < -0.3 is 14.7 Å². The van der Waals surface area contributed by atoms with Crippen molar-refractivity contribution in [3.8, 4) is 0 Å². The molecule has 3 heterocycles. The number of aryl methyl sites for hydroxylation is 2. The Morgan fingerprint density at radius 1 is 0.824 bits per heavy atom. The fourth-order valence-electron chi connectivity index (χ4n) is 4.41. The third kappa shape index (κ3) is 4.05. The number of carbonyl (C=O) groups is 1. The predicted octanol–water partition coefficient (Wildman–Crippen LogP) is 4.24. The van der Waals surface area contributed by atoms with E-state index >= 15 is 0 Å². The van der Waals surface area contributed by atoms with Gasteiger partial charge in [-0.15, -0.1) is 0 Å². The van der Waals surface area contributed by atoms with Crippen molar-refractivity contribution < 1.29 is 4.79 Å². The minimum atomic E-state index is -0.0652. The summed E-state index contributed by atoms with van der Waals surface area (Å²) in [5.74, 6) is 1.61. The number of aromatic nitrogens is 3. The van der Waals surface area contributed by atoms with Crippen molar-refractivity contribution in [2.45, 2.75) is 13.8 Å². The molecule has 0 aliphatic carbocycles. The van der Waals surface area contributed by atoms with Crippen molar-refractivity contribution in [1.29, 1.82) is 0 Å². The highest BCUT2D eigenvalue weighted by atomic mass is 16.2. The van der Waals surface area contributed by atoms with Gasteiger partial charge in [0.15, 0.2) is 0 Å². The Balaban J connectivity index is 1.42. The summed E-state index contributed by atoms with van der Waals surface area (Å²) in [4.78, 5) is 33.2. The molecular weight excluding hydrogens is 424 g/mol. The molecule has 172 valence electrons. The van der Waals surface area contributed by atoms with Crippen molar-refractivity contribution in [2.75, 3.05) is 47.9 Å². The van der Waals surface area contributed by atoms with Crippen molar-refractivity contribution >= 4 is 34.1 Å². The summed E-state index contributed by atoms with van der Waals surface area (Å²) in [6.07, 6.45) is 5.27. The first-order chi connectivity index (χ1) is 16.5. The highest BCUT2D eigenvalue weighted by Crippen LogP contribution is 2.30. The summed E-state index contributed by atoms with van der Waals surface area (Å²) in [6, 6.07) is 16.0. The molecule has 0 saturated carbocycles. The summed E-state index contributed by atoms with van der Waals surface area (Å²) in [6.45, 7) is 7.39. The molecule has 1 aliphatic heterocycles. The molecule has 2 aromatic carbocycles. The molecule has 1 fully saturated rings. The lowest BCUT2D eigenvalue weighted by Crippen LogP contribution is -2.47. The van der Waals surface area contributed by atoms with E-state index in [2.05, 4.69) is 39.7 Å². The number of hydrogen-bond donors (Lipinski definition) is 0. The first-order valence-corrected chi connectivity index (χ1v) is 11.5. The number of piperazine rings is 1. The Morgan fingerprint density at radius 3 is 2.21 bits per heavy atom. The lowest BCUT2D eigenvalue weighted by Gasteiger charge is -2.36. The molecule has 1 aliphatic rings. The van der Waals surface area contributed by atoms with Crippen molar-refractivity contribution in [1.82, 2.24) is 15.0 Å². The fourth-order valence-corrected chi connectivity index (χ4v) is 4.41. The number of fused-ring (bicyclic) bond motifs is 1. The van der Waals surface area contributed by atoms with E-state index in [1.54, 1.807) is 23.5 Å². The van der Waals surface area contributed by atoms with Gasteiger partial charge in [0.1, 0.15) is 5.82 Å². The molecule has 34 heavy (non-hydrogen) atoms. The zero-order valence-electron chi connectivity index (χ0n) is 19.8. The number of benzene rings is 2. The second-order valence-electron chi connectivity index (χ2n) is 8.70. The molecule has 0 radical (unpaired) electrons. The number of hydrogen-bond acceptors (Lipinski definition) is 6. The van der Waals surface area contributed by atoms with Gasteiger partial charge in [-0.25, -0.2) is 15.0 Å². The number of carbonyl (C=O) groups excluding carboxylic acids is 1. The number of rotatable bonds is 4. The van der Waals surface area contributed by atoms with Gasteiger partial charge in [0, 0.05) is 62.9 Å². The molecule has 1 saturated heterocycles. The van der Waals surface area contributed by atoms with E-state index in [0.29, 0.717) is 5.56 Å². The smallest absolute Gasteiger partial charge is 0.260 e. The molecule has 0 N–H and O–H groups in total. The molecule has 7 nitrogen and oxygen atoms in total. The maximum atomic E-state index is 13.5. The van der Waals surface area contributed by atoms with Gasteiger partial charge in [0.2, 0.25) is 5.95 Å². The third-order valence-corrected chi connectivity index (χ3v) is 6.60. The van der Waals surface area contributed by atoms with Crippen LogP contribution in [0.4, 0.5) is 17.5 Å². The quantitative estimate of drug-likeness (QED) is 0.461. The minimum absolute atomic E-state index is 0.0652. The molecule has 7 heteroatoms. The van der Waals surface area contributed by atoms with Gasteiger partial charge in [-0.1, -0.05) is 30.3 Å². The number of nitrogens with zero attached hydrogens (tertiary/aromatic N) is 6. The van der Waals surface area contributed by atoms with Crippen LogP contribution in [0.1, 0.15) is 21.5 Å². The van der Waals surface area contributed by atoms with Crippen molar-refractivity contribution in [3.63, 3.8) is 0 Å². The van der Waals surface area contributed by atoms with Crippen molar-refractivity contribution in [3.05, 3.63) is 83.8 Å². The fraction of sp³-hybridized carbons (Fsp3) is 0.259. The van der Waals surface area contributed by atoms with Crippen LogP contribution in [0.3, 0.4) is 0 Å². The molecule has 4 aromatic rings. The maximum Gasteiger partial charge on any atom is 0.260 e. The van der Waals surface area contributed by atoms with Crippen LogP contribution in [0.5, 0.6) is 0 Å². The molecule has 0 atom stereocenters. The zero-order valence-corrected chi connectivity index (χ0v) is 19.8. The SMILES string of the molecule is Cc1ccc(N(C)C(=O)c2cnc(N3CCN(c4ncccn4)CC3)c3ccccc23)cc1C. The van der Waals surface area contributed by atoms with Crippen LogP contribution in [0.15, 0.2) is 67.1 Å². The van der Waals surface area contributed by atoms with Crippen LogP contribution in [0.2, 0.25) is 0 Å². The number of pyridine rings is 1. The van der Waals surface area contributed by atoms with Gasteiger partial charge in [-0.3, -0.25) is 4.79 Å². The van der Waals surface area contributed by atoms with Crippen molar-refractivity contribution in [2.24, 2.45) is 0 Å². The van der Waals surface area contributed by atoms with Gasteiger partial charge in [-0.05, 0) is 48.6 Å². The van der Waals surface area contributed by atoms with Crippen LogP contribution in [0, 0.1) is 13.8 Å². The Labute approximate surface area is 199 Å². The molecule has 0 spiro atoms. The monoisotopic (exact) mass is 452 g/mol. The highest BCUT2D eigenvalue weighted by molar-refractivity contribution is 6.15. The molecule has 5 rings (SSSR count). The van der Waals surface area contributed by atoms with Crippen LogP contribution in [-0.2, 0) is 0 Å². The summed E-state index contributed by atoms with van der Waals surface area (Å²) in [5, 5.41) is 1.91. The molecular formula is C27H28N6O. The highest BCUT2D eigenvalue weighted by Gasteiger charge is 2.24. The van der Waals surface area contributed by atoms with E-state index in [0.717, 1.165) is 60.0 Å². The van der Waals surface area contributed by atoms with Crippen LogP contribution in [-0.4, -0.2) is 54.1 Å². The van der Waals surface area contributed by atoms with Gasteiger partial charge >= 0.3 is 0 Å². The lowest BCUT2D eigenvalue weighted by atomic mass is 10.0. The lowest BCUT2D eigenvalue weighted by molar-refractivity contribution is 0.0994. The normalized spacial score (nSPS) is 13.9. The Morgan fingerprint density at radius 2 is 1.50 bits per heavy atom. The second kappa shape index (κ2) is 9.09. The molecule has 0 bridgehead atoms. The van der Waals surface area contributed by atoms with E-state index < -0.39 is 0 Å². The molecule has 2 aromatic heterocycles. The first kappa shape index (κ1) is 21.8. The second-order valence-corrected chi connectivity index (χ2v) is 8.70. The van der Waals surface area contributed by atoms with Crippen LogP contribution < -0.4 is 14.7 Å². The summed E-state index contributed by atoms with van der Waals surface area (Å²) < 4.78 is 0. The Hall–Kier alpha value is -4.00. The summed E-state index contributed by atoms with van der Waals surface area (Å²) in [5.41, 5.74) is 3.85. The standard InChI is InChI=1S/C27H28N6O/c1-19-9-10-21(17-20(19)2)31(3)26(34)24-18-30-25(23-8-5-4-7-22(23)24)32-13-15-33(16-14-32)27-28-11-6-12-29-27/h4-12,17-18H,13-16H2,1-3H3. The van der Waals surface area contributed by atoms with Gasteiger partial charge in [-0.2, -0.15) is 0 Å². The average Bonchev–Trinajstić information content (AvgIpc) is 2.89. The van der Waals surface area contributed by atoms with Gasteiger partial charge in [0.25, 0.3) is 5.91 Å². The van der Waals surface area contributed by atoms with E-state index in [-0.39, 0.29) is 5.91 Å². The predicted molar refractivity (Wildman–Crippen MR) is 137 cm³/mol. The third-order valence-electron chi connectivity index (χ3n) is 6.60. The van der Waals surface area contributed by atoms with Crippen LogP contribution >= 0.6 is 0 Å². The first-order valence-electron chi connectivity index (χ1n) is 11.5.